The van der Waals surface area contributed by atoms with E-state index in [1.807, 2.05) is 66.9 Å². The fourth-order valence-electron chi connectivity index (χ4n) is 4.12. The quantitative estimate of drug-likeness (QED) is 0.358. The lowest BCUT2D eigenvalue weighted by Crippen LogP contribution is -2.33. The molecule has 1 atom stereocenters. The zero-order valence-electron chi connectivity index (χ0n) is 18.3. The lowest BCUT2D eigenvalue weighted by Gasteiger charge is -2.27. The second-order valence-corrected chi connectivity index (χ2v) is 8.01. The second-order valence-electron chi connectivity index (χ2n) is 8.01. The molecule has 8 nitrogen and oxygen atoms in total. The molecule has 1 unspecified atom stereocenters. The average Bonchev–Trinajstić information content (AvgIpc) is 3.39. The second kappa shape index (κ2) is 8.46. The molecule has 1 aliphatic rings. The highest BCUT2D eigenvalue weighted by atomic mass is 16.6. The fourth-order valence-corrected chi connectivity index (χ4v) is 4.12. The number of carbonyl (C=O) groups excluding carboxylic acids is 2. The molecule has 4 aromatic rings. The Morgan fingerprint density at radius 3 is 2.73 bits per heavy atom. The first kappa shape index (κ1) is 20.8. The van der Waals surface area contributed by atoms with Crippen molar-refractivity contribution in [2.24, 2.45) is 0 Å². The predicted octanol–water partition coefficient (Wildman–Crippen LogP) is 3.86. The third kappa shape index (κ3) is 3.95. The maximum atomic E-state index is 12.8. The van der Waals surface area contributed by atoms with Gasteiger partial charge in [-0.05, 0) is 38.1 Å². The van der Waals surface area contributed by atoms with Gasteiger partial charge in [-0.2, -0.15) is 5.10 Å². The highest BCUT2D eigenvalue weighted by Gasteiger charge is 2.25. The van der Waals surface area contributed by atoms with Gasteiger partial charge in [-0.3, -0.25) is 9.89 Å². The number of Topliss-reactive ketones (excluding diaryl/α,β-unsaturated/α-hetero) is 1. The number of ketones is 1. The van der Waals surface area contributed by atoms with E-state index in [4.69, 9.17) is 14.2 Å². The molecule has 168 valence electrons. The average molecular weight is 445 g/mol. The molecular formula is C25H23N3O5. The van der Waals surface area contributed by atoms with Crippen LogP contribution < -0.4 is 9.47 Å². The lowest BCUT2D eigenvalue weighted by molar-refractivity contribution is 0.0470. The topological polar surface area (TPSA) is 95.4 Å². The molecule has 1 aliphatic heterocycles. The molecule has 8 heteroatoms. The minimum atomic E-state index is -0.638. The summed E-state index contributed by atoms with van der Waals surface area (Å²) >= 11 is 0. The molecule has 0 saturated heterocycles. The van der Waals surface area contributed by atoms with E-state index in [1.54, 1.807) is 6.07 Å². The van der Waals surface area contributed by atoms with Gasteiger partial charge in [0.15, 0.2) is 29.9 Å². The lowest BCUT2D eigenvalue weighted by atomic mass is 10.1. The molecule has 1 N–H and O–H groups in total. The largest absolute Gasteiger partial charge is 0.486 e. The normalized spacial score (nSPS) is 14.9. The summed E-state index contributed by atoms with van der Waals surface area (Å²) in [5.74, 6) is 0.539. The molecule has 0 radical (unpaired) electrons. The Kier molecular flexibility index (Phi) is 5.34. The van der Waals surface area contributed by atoms with Gasteiger partial charge < -0.3 is 18.8 Å². The van der Waals surface area contributed by atoms with Gasteiger partial charge in [0.1, 0.15) is 6.61 Å². The molecular weight excluding hydrogens is 422 g/mol. The van der Waals surface area contributed by atoms with Gasteiger partial charge in [-0.25, -0.2) is 4.79 Å². The number of carbonyl (C=O) groups is 2. The number of fused-ring (bicyclic) bond motifs is 2. The van der Waals surface area contributed by atoms with Crippen molar-refractivity contribution in [1.82, 2.24) is 14.8 Å². The van der Waals surface area contributed by atoms with Crippen LogP contribution >= 0.6 is 0 Å². The minimum Gasteiger partial charge on any atom is -0.486 e. The first-order chi connectivity index (χ1) is 16.0. The van der Waals surface area contributed by atoms with E-state index < -0.39 is 5.97 Å². The molecule has 0 aliphatic carbocycles. The standard InChI is InChI=1S/C25H23N3O5/c1-15-11-19(16(2)28(15)12-17-13-31-22-9-5-6-10-23(22)33-17)21(29)14-32-25(30)24-18-7-3-4-8-20(18)26-27-24/h3-11,17H,12-14H2,1-2H3,(H,26,27). The van der Waals surface area contributed by atoms with Gasteiger partial charge in [0.05, 0.1) is 12.1 Å². The zero-order chi connectivity index (χ0) is 22.9. The number of aromatic amines is 1. The number of aromatic nitrogens is 3. The number of rotatable bonds is 6. The van der Waals surface area contributed by atoms with Crippen LogP contribution in [0.5, 0.6) is 11.5 Å². The van der Waals surface area contributed by atoms with Gasteiger partial charge in [-0.1, -0.05) is 30.3 Å². The third-order valence-electron chi connectivity index (χ3n) is 5.83. The van der Waals surface area contributed by atoms with Crippen LogP contribution in [0.25, 0.3) is 10.9 Å². The van der Waals surface area contributed by atoms with E-state index in [2.05, 4.69) is 10.2 Å². The van der Waals surface area contributed by atoms with Crippen LogP contribution in [-0.2, 0) is 11.3 Å². The molecule has 3 heterocycles. The van der Waals surface area contributed by atoms with E-state index >= 15 is 0 Å². The Morgan fingerprint density at radius 1 is 1.12 bits per heavy atom. The van der Waals surface area contributed by atoms with Crippen LogP contribution in [0.2, 0.25) is 0 Å². The number of nitrogens with one attached hydrogen (secondary N) is 1. The number of nitrogens with zero attached hydrogens (tertiary/aromatic N) is 2. The zero-order valence-corrected chi connectivity index (χ0v) is 18.3. The third-order valence-corrected chi connectivity index (χ3v) is 5.83. The number of H-pyrrole nitrogens is 1. The van der Waals surface area contributed by atoms with Crippen LogP contribution in [-0.4, -0.2) is 45.8 Å². The molecule has 0 spiro atoms. The minimum absolute atomic E-state index is 0.165. The van der Waals surface area contributed by atoms with E-state index in [-0.39, 0.29) is 24.2 Å². The highest BCUT2D eigenvalue weighted by molar-refractivity contribution is 6.04. The van der Waals surface area contributed by atoms with E-state index in [0.717, 1.165) is 22.7 Å². The van der Waals surface area contributed by atoms with Gasteiger partial charge in [-0.15, -0.1) is 0 Å². The Balaban J connectivity index is 1.26. The summed E-state index contributed by atoms with van der Waals surface area (Å²) in [6.45, 7) is 4.41. The van der Waals surface area contributed by atoms with Crippen molar-refractivity contribution >= 4 is 22.7 Å². The van der Waals surface area contributed by atoms with Crippen molar-refractivity contribution < 1.29 is 23.8 Å². The first-order valence-corrected chi connectivity index (χ1v) is 10.7. The van der Waals surface area contributed by atoms with Crippen LogP contribution in [0.4, 0.5) is 0 Å². The van der Waals surface area contributed by atoms with Gasteiger partial charge in [0.2, 0.25) is 5.78 Å². The van der Waals surface area contributed by atoms with Crippen molar-refractivity contribution in [2.45, 2.75) is 26.5 Å². The van der Waals surface area contributed by atoms with E-state index in [9.17, 15) is 9.59 Å². The first-order valence-electron chi connectivity index (χ1n) is 10.7. The van der Waals surface area contributed by atoms with Gasteiger partial charge >= 0.3 is 5.97 Å². The molecule has 0 amide bonds. The number of hydrogen-bond donors (Lipinski definition) is 1. The Hall–Kier alpha value is -4.07. The summed E-state index contributed by atoms with van der Waals surface area (Å²) in [4.78, 5) is 25.3. The Bertz CT molecular complexity index is 1350. The van der Waals surface area contributed by atoms with Crippen LogP contribution in [0.1, 0.15) is 32.2 Å². The molecule has 0 saturated carbocycles. The molecule has 2 aromatic heterocycles. The summed E-state index contributed by atoms with van der Waals surface area (Å²) in [6, 6.07) is 16.6. The van der Waals surface area contributed by atoms with Crippen LogP contribution in [0, 0.1) is 13.8 Å². The summed E-state index contributed by atoms with van der Waals surface area (Å²) in [5.41, 5.74) is 3.13. The molecule has 0 fully saturated rings. The molecule has 0 bridgehead atoms. The van der Waals surface area contributed by atoms with Crippen LogP contribution in [0.3, 0.4) is 0 Å². The van der Waals surface area contributed by atoms with E-state index in [0.29, 0.717) is 29.9 Å². The number of benzene rings is 2. The smallest absolute Gasteiger partial charge is 0.359 e. The van der Waals surface area contributed by atoms with Crippen molar-refractivity contribution in [3.63, 3.8) is 0 Å². The number of aryl methyl sites for hydroxylation is 1. The maximum absolute atomic E-state index is 12.8. The summed E-state index contributed by atoms with van der Waals surface area (Å²) in [7, 11) is 0. The summed E-state index contributed by atoms with van der Waals surface area (Å²) < 4.78 is 19.2. The number of esters is 1. The highest BCUT2D eigenvalue weighted by Crippen LogP contribution is 2.31. The van der Waals surface area contributed by atoms with Crippen molar-refractivity contribution in [1.29, 1.82) is 0 Å². The summed E-state index contributed by atoms with van der Waals surface area (Å²) in [6.07, 6.45) is -0.182. The monoisotopic (exact) mass is 445 g/mol. The van der Waals surface area contributed by atoms with Crippen LogP contribution in [0.15, 0.2) is 54.6 Å². The maximum Gasteiger partial charge on any atom is 0.359 e. The fraction of sp³-hybridized carbons (Fsp3) is 0.240. The van der Waals surface area contributed by atoms with Crippen molar-refractivity contribution in [2.75, 3.05) is 13.2 Å². The van der Waals surface area contributed by atoms with Crippen molar-refractivity contribution in [3.05, 3.63) is 77.2 Å². The van der Waals surface area contributed by atoms with Crippen molar-refractivity contribution in [3.8, 4) is 11.5 Å². The Labute approximate surface area is 190 Å². The molecule has 33 heavy (non-hydrogen) atoms. The predicted molar refractivity (Wildman–Crippen MR) is 121 cm³/mol. The SMILES string of the molecule is Cc1cc(C(=O)COC(=O)c2n[nH]c3ccccc23)c(C)n1CC1COc2ccccc2O1. The number of para-hydroxylation sites is 3. The molecule has 5 rings (SSSR count). The number of hydrogen-bond acceptors (Lipinski definition) is 6. The summed E-state index contributed by atoms with van der Waals surface area (Å²) in [5, 5.41) is 7.47. The molecule has 2 aromatic carbocycles. The van der Waals surface area contributed by atoms with E-state index in [1.165, 1.54) is 0 Å². The van der Waals surface area contributed by atoms with Gasteiger partial charge in [0, 0.05) is 22.3 Å². The Morgan fingerprint density at radius 2 is 1.88 bits per heavy atom. The van der Waals surface area contributed by atoms with Gasteiger partial charge in [0.25, 0.3) is 0 Å². The number of ether oxygens (including phenoxy) is 3.